The van der Waals surface area contributed by atoms with E-state index in [1.54, 1.807) is 23.7 Å². The number of nitrogens with zero attached hydrogens (tertiary/aromatic N) is 1. The van der Waals surface area contributed by atoms with Crippen LogP contribution in [0, 0.1) is 6.92 Å². The van der Waals surface area contributed by atoms with E-state index in [2.05, 4.69) is 10.3 Å². The summed E-state index contributed by atoms with van der Waals surface area (Å²) in [5.74, 6) is 0. The lowest BCUT2D eigenvalue weighted by Gasteiger charge is -2.17. The molecule has 1 unspecified atom stereocenters. The zero-order chi connectivity index (χ0) is 14.8. The van der Waals surface area contributed by atoms with Crippen LogP contribution in [0.2, 0.25) is 0 Å². The molecule has 1 heterocycles. The molecule has 0 radical (unpaired) electrons. The summed E-state index contributed by atoms with van der Waals surface area (Å²) >= 11 is 1.39. The topological polar surface area (TPSA) is 24.9 Å². The maximum absolute atomic E-state index is 12.5. The van der Waals surface area contributed by atoms with Crippen molar-refractivity contribution in [2.75, 3.05) is 5.32 Å². The molecule has 0 fully saturated rings. The normalized spacial score (nSPS) is 13.2. The molecule has 1 N–H and O–H groups in total. The Balaban J connectivity index is 2.19. The summed E-state index contributed by atoms with van der Waals surface area (Å²) in [6.45, 7) is 3.80. The molecule has 0 amide bonds. The van der Waals surface area contributed by atoms with Crippen molar-refractivity contribution in [3.8, 4) is 0 Å². The van der Waals surface area contributed by atoms with Crippen molar-refractivity contribution in [2.24, 2.45) is 0 Å². The Labute approximate surface area is 123 Å². The van der Waals surface area contributed by atoms with Crippen molar-refractivity contribution < 1.29 is 13.2 Å². The predicted molar refractivity (Wildman–Crippen MR) is 77.2 cm³/mol. The van der Waals surface area contributed by atoms with Crippen LogP contribution in [0.25, 0.3) is 0 Å². The number of aromatic nitrogens is 1. The molecule has 2 nitrogen and oxygen atoms in total. The fourth-order valence-corrected chi connectivity index (χ4v) is 3.27. The molecule has 20 heavy (non-hydrogen) atoms. The number of hydrogen-bond acceptors (Lipinski definition) is 4. The van der Waals surface area contributed by atoms with Gasteiger partial charge in [-0.05, 0) is 37.7 Å². The smallest absolute Gasteiger partial charge is 0.377 e. The third-order valence-electron chi connectivity index (χ3n) is 2.66. The molecule has 0 saturated heterocycles. The lowest BCUT2D eigenvalue weighted by Crippen LogP contribution is -2.08. The van der Waals surface area contributed by atoms with Crippen LogP contribution in [0.3, 0.4) is 0 Å². The first-order chi connectivity index (χ1) is 9.37. The molecule has 0 aliphatic rings. The molecule has 0 aliphatic carbocycles. The lowest BCUT2D eigenvalue weighted by atomic mass is 10.2. The number of alkyl halides is 3. The third kappa shape index (κ3) is 3.89. The minimum Gasteiger partial charge on any atom is -0.377 e. The van der Waals surface area contributed by atoms with E-state index in [1.807, 2.05) is 13.8 Å². The standard InChI is InChI=1S/C13H13F3N2S2/c1-8-12(19-7-17-8)9(2)18-10-5-3-4-6-11(10)20-13(14,15)16/h3-7,9,18H,1-2H3. The fourth-order valence-electron chi connectivity index (χ4n) is 1.82. The average molecular weight is 318 g/mol. The van der Waals surface area contributed by atoms with Crippen LogP contribution in [0.4, 0.5) is 18.9 Å². The molecular weight excluding hydrogens is 305 g/mol. The number of nitrogens with one attached hydrogen (secondary N) is 1. The van der Waals surface area contributed by atoms with Crippen LogP contribution in [0.5, 0.6) is 0 Å². The summed E-state index contributed by atoms with van der Waals surface area (Å²) in [5, 5.41) is 3.13. The predicted octanol–water partition coefficient (Wildman–Crippen LogP) is 5.24. The Morgan fingerprint density at radius 2 is 2.00 bits per heavy atom. The second-order valence-corrected chi connectivity index (χ2v) is 6.21. The van der Waals surface area contributed by atoms with Gasteiger partial charge in [0.1, 0.15) is 0 Å². The Kier molecular flexibility index (Phi) is 4.59. The van der Waals surface area contributed by atoms with Gasteiger partial charge in [0.05, 0.1) is 17.2 Å². The van der Waals surface area contributed by atoms with Gasteiger partial charge in [0.25, 0.3) is 0 Å². The van der Waals surface area contributed by atoms with Gasteiger partial charge in [0.15, 0.2) is 0 Å². The van der Waals surface area contributed by atoms with Crippen LogP contribution < -0.4 is 5.32 Å². The SMILES string of the molecule is Cc1ncsc1C(C)Nc1ccccc1SC(F)(F)F. The van der Waals surface area contributed by atoms with Gasteiger partial charge in [0, 0.05) is 15.5 Å². The molecular formula is C13H13F3N2S2. The van der Waals surface area contributed by atoms with Gasteiger partial charge in [-0.3, -0.25) is 0 Å². The zero-order valence-electron chi connectivity index (χ0n) is 10.9. The van der Waals surface area contributed by atoms with Crippen molar-refractivity contribution in [1.82, 2.24) is 4.98 Å². The highest BCUT2D eigenvalue weighted by Gasteiger charge is 2.30. The van der Waals surface area contributed by atoms with Crippen molar-refractivity contribution in [2.45, 2.75) is 30.3 Å². The monoisotopic (exact) mass is 318 g/mol. The number of para-hydroxylation sites is 1. The van der Waals surface area contributed by atoms with E-state index < -0.39 is 5.51 Å². The van der Waals surface area contributed by atoms with E-state index in [0.29, 0.717) is 5.69 Å². The minimum absolute atomic E-state index is 0.0857. The second kappa shape index (κ2) is 6.05. The van der Waals surface area contributed by atoms with E-state index in [4.69, 9.17) is 0 Å². The van der Waals surface area contributed by atoms with E-state index in [-0.39, 0.29) is 22.7 Å². The maximum atomic E-state index is 12.5. The van der Waals surface area contributed by atoms with E-state index >= 15 is 0 Å². The Hall–Kier alpha value is -1.21. The molecule has 108 valence electrons. The van der Waals surface area contributed by atoms with Crippen molar-refractivity contribution in [3.63, 3.8) is 0 Å². The van der Waals surface area contributed by atoms with E-state index in [9.17, 15) is 13.2 Å². The second-order valence-electron chi connectivity index (χ2n) is 4.21. The number of halogens is 3. The summed E-state index contributed by atoms with van der Waals surface area (Å²) in [7, 11) is 0. The van der Waals surface area contributed by atoms with Gasteiger partial charge >= 0.3 is 5.51 Å². The summed E-state index contributed by atoms with van der Waals surface area (Å²) in [4.78, 5) is 5.35. The average Bonchev–Trinajstić information content (AvgIpc) is 2.76. The summed E-state index contributed by atoms with van der Waals surface area (Å²) < 4.78 is 37.6. The van der Waals surface area contributed by atoms with Gasteiger partial charge in [-0.25, -0.2) is 4.98 Å². The molecule has 1 aromatic carbocycles. The number of aryl methyl sites for hydroxylation is 1. The Morgan fingerprint density at radius 3 is 2.60 bits per heavy atom. The zero-order valence-corrected chi connectivity index (χ0v) is 12.5. The van der Waals surface area contributed by atoms with Crippen LogP contribution in [0.1, 0.15) is 23.5 Å². The Morgan fingerprint density at radius 1 is 1.30 bits per heavy atom. The highest BCUT2D eigenvalue weighted by molar-refractivity contribution is 8.00. The summed E-state index contributed by atoms with van der Waals surface area (Å²) in [6, 6.07) is 6.35. The summed E-state index contributed by atoms with van der Waals surface area (Å²) in [6.07, 6.45) is 0. The molecule has 2 aromatic rings. The van der Waals surface area contributed by atoms with Gasteiger partial charge < -0.3 is 5.32 Å². The molecule has 1 atom stereocenters. The molecule has 0 saturated carbocycles. The number of hydrogen-bond donors (Lipinski definition) is 1. The molecule has 1 aromatic heterocycles. The van der Waals surface area contributed by atoms with Crippen molar-refractivity contribution in [1.29, 1.82) is 0 Å². The van der Waals surface area contributed by atoms with Crippen molar-refractivity contribution in [3.05, 3.63) is 40.3 Å². The maximum Gasteiger partial charge on any atom is 0.446 e. The molecule has 7 heteroatoms. The molecule has 0 spiro atoms. The minimum atomic E-state index is -4.29. The Bertz CT molecular complexity index is 581. The molecule has 0 aliphatic heterocycles. The van der Waals surface area contributed by atoms with Crippen LogP contribution >= 0.6 is 23.1 Å². The first-order valence-corrected chi connectivity index (χ1v) is 7.58. The number of thiazole rings is 1. The van der Waals surface area contributed by atoms with Crippen LogP contribution in [0.15, 0.2) is 34.7 Å². The van der Waals surface area contributed by atoms with E-state index in [1.165, 1.54) is 17.4 Å². The first-order valence-electron chi connectivity index (χ1n) is 5.88. The first kappa shape index (κ1) is 15.2. The fraction of sp³-hybridized carbons (Fsp3) is 0.308. The molecule has 0 bridgehead atoms. The van der Waals surface area contributed by atoms with E-state index in [0.717, 1.165) is 10.6 Å². The number of thioether (sulfide) groups is 1. The highest BCUT2D eigenvalue weighted by Crippen LogP contribution is 2.41. The molecule has 2 rings (SSSR count). The lowest BCUT2D eigenvalue weighted by molar-refractivity contribution is -0.0327. The third-order valence-corrected chi connectivity index (χ3v) is 4.58. The van der Waals surface area contributed by atoms with Crippen molar-refractivity contribution >= 4 is 28.8 Å². The van der Waals surface area contributed by atoms with Gasteiger partial charge in [-0.2, -0.15) is 13.2 Å². The van der Waals surface area contributed by atoms with Crippen LogP contribution in [-0.2, 0) is 0 Å². The van der Waals surface area contributed by atoms with Gasteiger partial charge in [-0.15, -0.1) is 11.3 Å². The quantitative estimate of drug-likeness (QED) is 0.781. The van der Waals surface area contributed by atoms with Crippen LogP contribution in [-0.4, -0.2) is 10.5 Å². The van der Waals surface area contributed by atoms with Gasteiger partial charge in [0.2, 0.25) is 0 Å². The highest BCUT2D eigenvalue weighted by atomic mass is 32.2. The number of benzene rings is 1. The number of anilines is 1. The number of rotatable bonds is 4. The van der Waals surface area contributed by atoms with Gasteiger partial charge in [-0.1, -0.05) is 12.1 Å². The largest absolute Gasteiger partial charge is 0.446 e. The summed E-state index contributed by atoms with van der Waals surface area (Å²) in [5.41, 5.74) is -1.17.